The molecule has 2 aromatic carbocycles. The van der Waals surface area contributed by atoms with E-state index in [1.165, 1.54) is 21.3 Å². The number of aliphatic hydroxyl groups excluding tert-OH is 1. The minimum absolute atomic E-state index is 0.0409. The van der Waals surface area contributed by atoms with Gasteiger partial charge in [-0.3, -0.25) is 9.59 Å². The first-order chi connectivity index (χ1) is 13.5. The van der Waals surface area contributed by atoms with Crippen molar-refractivity contribution in [1.82, 2.24) is 10.6 Å². The smallest absolute Gasteiger partial charge is 0.251 e. The highest BCUT2D eigenvalue weighted by Gasteiger charge is 2.16. The maximum atomic E-state index is 12.1. The third kappa shape index (κ3) is 5.62. The molecule has 0 saturated heterocycles. The van der Waals surface area contributed by atoms with Crippen LogP contribution in [0.2, 0.25) is 0 Å². The summed E-state index contributed by atoms with van der Waals surface area (Å²) < 4.78 is 15.4. The number of aliphatic hydroxyl groups is 1. The van der Waals surface area contributed by atoms with Crippen molar-refractivity contribution in [2.45, 2.75) is 6.10 Å². The van der Waals surface area contributed by atoms with Gasteiger partial charge in [-0.2, -0.15) is 0 Å². The number of benzene rings is 2. The molecule has 3 N–H and O–H groups in total. The lowest BCUT2D eigenvalue weighted by molar-refractivity contribution is -0.120. The number of carbonyl (C=O) groups excluding carboxylic acids is 2. The van der Waals surface area contributed by atoms with Crippen molar-refractivity contribution in [3.63, 3.8) is 0 Å². The van der Waals surface area contributed by atoms with Crippen LogP contribution in [0.5, 0.6) is 17.2 Å². The molecular formula is C20H24N2O6. The lowest BCUT2D eigenvalue weighted by atomic mass is 10.1. The first kappa shape index (κ1) is 21.0. The lowest BCUT2D eigenvalue weighted by Gasteiger charge is -2.16. The fraction of sp³-hybridized carbons (Fsp3) is 0.300. The van der Waals surface area contributed by atoms with Gasteiger partial charge in [-0.05, 0) is 42.5 Å². The molecule has 2 aromatic rings. The number of methoxy groups -OCH3 is 3. The van der Waals surface area contributed by atoms with Crippen LogP contribution in [0, 0.1) is 0 Å². The topological polar surface area (TPSA) is 106 Å². The maximum Gasteiger partial charge on any atom is 0.251 e. The molecule has 0 aliphatic heterocycles. The Morgan fingerprint density at radius 3 is 2.18 bits per heavy atom. The zero-order chi connectivity index (χ0) is 20.5. The monoisotopic (exact) mass is 388 g/mol. The summed E-state index contributed by atoms with van der Waals surface area (Å²) in [6.07, 6.45) is -0.994. The minimum atomic E-state index is -0.994. The predicted octanol–water partition coefficient (Wildman–Crippen LogP) is 1.29. The van der Waals surface area contributed by atoms with Crippen LogP contribution in [0.4, 0.5) is 0 Å². The third-order valence-electron chi connectivity index (χ3n) is 4.05. The van der Waals surface area contributed by atoms with Crippen LogP contribution in [0.25, 0.3) is 0 Å². The van der Waals surface area contributed by atoms with Gasteiger partial charge in [0, 0.05) is 17.7 Å². The molecule has 0 aromatic heterocycles. The molecule has 2 amide bonds. The molecule has 150 valence electrons. The molecule has 1 unspecified atom stereocenters. The van der Waals surface area contributed by atoms with Gasteiger partial charge in [0.15, 0.2) is 0 Å². The van der Waals surface area contributed by atoms with Gasteiger partial charge in [0.05, 0.1) is 34.0 Å². The van der Waals surface area contributed by atoms with Crippen LogP contribution < -0.4 is 24.8 Å². The van der Waals surface area contributed by atoms with Gasteiger partial charge in [-0.15, -0.1) is 0 Å². The molecule has 28 heavy (non-hydrogen) atoms. The van der Waals surface area contributed by atoms with Gasteiger partial charge in [0.2, 0.25) is 5.91 Å². The third-order valence-corrected chi connectivity index (χ3v) is 4.05. The summed E-state index contributed by atoms with van der Waals surface area (Å²) in [7, 11) is 4.55. The van der Waals surface area contributed by atoms with Crippen LogP contribution in [-0.4, -0.2) is 51.3 Å². The number of amides is 2. The van der Waals surface area contributed by atoms with E-state index in [2.05, 4.69) is 10.6 Å². The Bertz CT molecular complexity index is 807. The molecule has 2 rings (SSSR count). The Morgan fingerprint density at radius 1 is 0.929 bits per heavy atom. The van der Waals surface area contributed by atoms with Gasteiger partial charge < -0.3 is 30.0 Å². The van der Waals surface area contributed by atoms with Gasteiger partial charge in [-0.25, -0.2) is 0 Å². The number of ether oxygens (including phenoxy) is 3. The second kappa shape index (κ2) is 10.2. The van der Waals surface area contributed by atoms with Crippen molar-refractivity contribution >= 4 is 11.8 Å². The number of hydrogen-bond donors (Lipinski definition) is 3. The van der Waals surface area contributed by atoms with E-state index >= 15 is 0 Å². The molecule has 0 aliphatic rings. The highest BCUT2D eigenvalue weighted by molar-refractivity contribution is 5.96. The van der Waals surface area contributed by atoms with E-state index in [1.807, 2.05) is 0 Å². The largest absolute Gasteiger partial charge is 0.497 e. The Hall–Kier alpha value is -3.26. The summed E-state index contributed by atoms with van der Waals surface area (Å²) in [5.74, 6) is 0.870. The highest BCUT2D eigenvalue weighted by Crippen LogP contribution is 2.29. The van der Waals surface area contributed by atoms with E-state index in [-0.39, 0.29) is 19.0 Å². The van der Waals surface area contributed by atoms with Crippen LogP contribution in [0.15, 0.2) is 42.5 Å². The molecule has 0 radical (unpaired) electrons. The van der Waals surface area contributed by atoms with Crippen molar-refractivity contribution in [2.24, 2.45) is 0 Å². The van der Waals surface area contributed by atoms with E-state index < -0.39 is 12.0 Å². The first-order valence-corrected chi connectivity index (χ1v) is 8.57. The fourth-order valence-corrected chi connectivity index (χ4v) is 2.49. The Balaban J connectivity index is 1.85. The number of nitrogens with one attached hydrogen (secondary N) is 2. The van der Waals surface area contributed by atoms with Gasteiger partial charge in [0.1, 0.15) is 17.2 Å². The fourth-order valence-electron chi connectivity index (χ4n) is 2.49. The zero-order valence-electron chi connectivity index (χ0n) is 16.0. The Kier molecular flexibility index (Phi) is 7.65. The molecule has 0 aliphatic carbocycles. The van der Waals surface area contributed by atoms with E-state index in [4.69, 9.17) is 14.2 Å². The van der Waals surface area contributed by atoms with Crippen LogP contribution >= 0.6 is 0 Å². The molecule has 1 atom stereocenters. The minimum Gasteiger partial charge on any atom is -0.497 e. The van der Waals surface area contributed by atoms with Crippen LogP contribution in [-0.2, 0) is 4.79 Å². The summed E-state index contributed by atoms with van der Waals surface area (Å²) >= 11 is 0. The zero-order valence-corrected chi connectivity index (χ0v) is 16.0. The van der Waals surface area contributed by atoms with Gasteiger partial charge in [0.25, 0.3) is 5.91 Å². The average Bonchev–Trinajstić information content (AvgIpc) is 2.75. The number of carbonyl (C=O) groups is 2. The van der Waals surface area contributed by atoms with Crippen molar-refractivity contribution in [3.8, 4) is 17.2 Å². The molecule has 8 nitrogen and oxygen atoms in total. The van der Waals surface area contributed by atoms with E-state index in [1.54, 1.807) is 42.5 Å². The summed E-state index contributed by atoms with van der Waals surface area (Å²) in [5.41, 5.74) is 0.902. The van der Waals surface area contributed by atoms with Crippen molar-refractivity contribution < 1.29 is 28.9 Å². The second-order valence-corrected chi connectivity index (χ2v) is 5.84. The second-order valence-electron chi connectivity index (χ2n) is 5.84. The van der Waals surface area contributed by atoms with Gasteiger partial charge in [-0.1, -0.05) is 0 Å². The molecule has 8 heteroatoms. The van der Waals surface area contributed by atoms with Gasteiger partial charge >= 0.3 is 0 Å². The van der Waals surface area contributed by atoms with Crippen LogP contribution in [0.3, 0.4) is 0 Å². The standard InChI is InChI=1S/C20H24N2O6/c1-26-14-6-4-13(5-7-14)20(25)22-12-19(24)21-11-17(23)16-10-15(27-2)8-9-18(16)28-3/h4-10,17,23H,11-12H2,1-3H3,(H,21,24)(H,22,25). The summed E-state index contributed by atoms with van der Waals surface area (Å²) in [5, 5.41) is 15.5. The SMILES string of the molecule is COc1ccc(C(=O)NCC(=O)NCC(O)c2cc(OC)ccc2OC)cc1. The molecule has 0 fully saturated rings. The van der Waals surface area contributed by atoms with E-state index in [0.29, 0.717) is 28.4 Å². The Labute approximate surface area is 163 Å². The number of rotatable bonds is 9. The van der Waals surface area contributed by atoms with E-state index in [9.17, 15) is 14.7 Å². The summed E-state index contributed by atoms with van der Waals surface area (Å²) in [6.45, 7) is -0.256. The first-order valence-electron chi connectivity index (χ1n) is 8.57. The predicted molar refractivity (Wildman–Crippen MR) is 103 cm³/mol. The normalized spacial score (nSPS) is 11.3. The van der Waals surface area contributed by atoms with Crippen molar-refractivity contribution in [1.29, 1.82) is 0 Å². The molecule has 0 spiro atoms. The van der Waals surface area contributed by atoms with Crippen molar-refractivity contribution in [3.05, 3.63) is 53.6 Å². The molecule has 0 bridgehead atoms. The quantitative estimate of drug-likeness (QED) is 0.598. The number of hydrogen-bond acceptors (Lipinski definition) is 6. The average molecular weight is 388 g/mol. The lowest BCUT2D eigenvalue weighted by Crippen LogP contribution is -2.38. The Morgan fingerprint density at radius 2 is 1.57 bits per heavy atom. The summed E-state index contributed by atoms with van der Waals surface area (Å²) in [6, 6.07) is 11.5. The molecular weight excluding hydrogens is 364 g/mol. The van der Waals surface area contributed by atoms with Crippen LogP contribution in [0.1, 0.15) is 22.0 Å². The van der Waals surface area contributed by atoms with Crippen molar-refractivity contribution in [2.75, 3.05) is 34.4 Å². The van der Waals surface area contributed by atoms with E-state index in [0.717, 1.165) is 0 Å². The molecule has 0 heterocycles. The molecule has 0 saturated carbocycles. The maximum absolute atomic E-state index is 12.1. The highest BCUT2D eigenvalue weighted by atomic mass is 16.5. The summed E-state index contributed by atoms with van der Waals surface area (Å²) in [4.78, 5) is 24.0.